The Kier molecular flexibility index (Phi) is 6.13. The van der Waals surface area contributed by atoms with Gasteiger partial charge in [0.25, 0.3) is 0 Å². The number of hydrogen-bond donors (Lipinski definition) is 1. The van der Waals surface area contributed by atoms with Crippen LogP contribution in [0.1, 0.15) is 18.4 Å². The van der Waals surface area contributed by atoms with Crippen LogP contribution in [0.15, 0.2) is 28.6 Å². The summed E-state index contributed by atoms with van der Waals surface area (Å²) in [4.78, 5) is 0. The third kappa shape index (κ3) is 5.37. The molecule has 124 valence electrons. The van der Waals surface area contributed by atoms with Crippen molar-refractivity contribution in [2.45, 2.75) is 30.2 Å². The first-order chi connectivity index (χ1) is 11.3. The molecule has 1 aromatic heterocycles. The number of anilines is 1. The van der Waals surface area contributed by atoms with Gasteiger partial charge in [-0.25, -0.2) is 0 Å². The molecule has 0 aliphatic carbocycles. The van der Waals surface area contributed by atoms with E-state index in [0.29, 0.717) is 12.7 Å². The minimum atomic E-state index is 0.318. The lowest BCUT2D eigenvalue weighted by atomic mass is 10.2. The average molecular weight is 351 g/mol. The molecule has 2 aromatic rings. The average Bonchev–Trinajstić information content (AvgIpc) is 3.23. The lowest BCUT2D eigenvalue weighted by molar-refractivity contribution is 0.120. The van der Waals surface area contributed by atoms with Crippen LogP contribution in [0.3, 0.4) is 0 Å². The number of nitrogens with one attached hydrogen (secondary N) is 1. The molecule has 3 rings (SSSR count). The number of aromatic nitrogens is 2. The molecule has 5 nitrogen and oxygen atoms in total. The Hall–Kier alpha value is -1.31. The Bertz CT molecular complexity index is 598. The quantitative estimate of drug-likeness (QED) is 0.579. The van der Waals surface area contributed by atoms with Crippen LogP contribution < -0.4 is 10.1 Å². The van der Waals surface area contributed by atoms with E-state index >= 15 is 0 Å². The largest absolute Gasteiger partial charge is 0.493 e. The molecule has 1 aromatic carbocycles. The van der Waals surface area contributed by atoms with Crippen LogP contribution in [0, 0.1) is 6.92 Å². The van der Waals surface area contributed by atoms with E-state index in [2.05, 4.69) is 34.6 Å². The number of hydrogen-bond acceptors (Lipinski definition) is 7. The van der Waals surface area contributed by atoms with Crippen molar-refractivity contribution in [3.8, 4) is 5.75 Å². The lowest BCUT2D eigenvalue weighted by Crippen LogP contribution is -2.18. The molecule has 0 bridgehead atoms. The van der Waals surface area contributed by atoms with Gasteiger partial charge in [-0.1, -0.05) is 40.8 Å². The Morgan fingerprint density at radius 1 is 1.35 bits per heavy atom. The number of aryl methyl sites for hydroxylation is 1. The van der Waals surface area contributed by atoms with Crippen LogP contribution in [0.5, 0.6) is 5.75 Å². The molecule has 1 aliphatic heterocycles. The molecular formula is C16H21N3O2S2. The summed E-state index contributed by atoms with van der Waals surface area (Å²) in [5, 5.41) is 12.5. The van der Waals surface area contributed by atoms with E-state index in [1.165, 1.54) is 5.56 Å². The summed E-state index contributed by atoms with van der Waals surface area (Å²) in [5.74, 6) is 1.77. The van der Waals surface area contributed by atoms with Crippen LogP contribution in [-0.4, -0.2) is 41.8 Å². The highest BCUT2D eigenvalue weighted by Crippen LogP contribution is 2.26. The van der Waals surface area contributed by atoms with Crippen molar-refractivity contribution in [3.63, 3.8) is 0 Å². The van der Waals surface area contributed by atoms with E-state index in [-0.39, 0.29) is 0 Å². The summed E-state index contributed by atoms with van der Waals surface area (Å²) in [6, 6.07) is 8.11. The molecule has 1 atom stereocenters. The fraction of sp³-hybridized carbons (Fsp3) is 0.500. The first-order valence-corrected chi connectivity index (χ1v) is 9.61. The van der Waals surface area contributed by atoms with Crippen molar-refractivity contribution >= 4 is 28.2 Å². The topological polar surface area (TPSA) is 56.3 Å². The van der Waals surface area contributed by atoms with Crippen molar-refractivity contribution in [2.24, 2.45) is 0 Å². The predicted octanol–water partition coefficient (Wildman–Crippen LogP) is 3.61. The van der Waals surface area contributed by atoms with Crippen LogP contribution in [-0.2, 0) is 4.74 Å². The number of nitrogens with zero attached hydrogens (tertiary/aromatic N) is 2. The summed E-state index contributed by atoms with van der Waals surface area (Å²) >= 11 is 3.25. The third-order valence-corrected chi connectivity index (χ3v) is 5.49. The minimum absolute atomic E-state index is 0.318. The predicted molar refractivity (Wildman–Crippen MR) is 94.8 cm³/mol. The zero-order chi connectivity index (χ0) is 15.9. The van der Waals surface area contributed by atoms with Gasteiger partial charge in [0.05, 0.1) is 12.7 Å². The molecule has 23 heavy (non-hydrogen) atoms. The minimum Gasteiger partial charge on any atom is -0.493 e. The third-order valence-electron chi connectivity index (χ3n) is 3.51. The fourth-order valence-corrected chi connectivity index (χ4v) is 3.92. The number of benzene rings is 1. The zero-order valence-corrected chi connectivity index (χ0v) is 14.8. The highest BCUT2D eigenvalue weighted by atomic mass is 32.2. The van der Waals surface area contributed by atoms with E-state index in [4.69, 9.17) is 9.47 Å². The second-order valence-corrected chi connectivity index (χ2v) is 7.72. The number of thioether (sulfide) groups is 1. The summed E-state index contributed by atoms with van der Waals surface area (Å²) in [6.45, 7) is 4.42. The van der Waals surface area contributed by atoms with Crippen molar-refractivity contribution in [3.05, 3.63) is 29.8 Å². The lowest BCUT2D eigenvalue weighted by Gasteiger charge is -2.08. The number of rotatable bonds is 8. The molecule has 0 radical (unpaired) electrons. The molecule has 1 unspecified atom stereocenters. The maximum atomic E-state index is 5.71. The van der Waals surface area contributed by atoms with Gasteiger partial charge in [0, 0.05) is 18.9 Å². The maximum Gasteiger partial charge on any atom is 0.206 e. The smallest absolute Gasteiger partial charge is 0.206 e. The normalized spacial score (nSPS) is 17.3. The Morgan fingerprint density at radius 3 is 3.00 bits per heavy atom. The first kappa shape index (κ1) is 16.5. The summed E-state index contributed by atoms with van der Waals surface area (Å²) in [7, 11) is 0. The van der Waals surface area contributed by atoms with Gasteiger partial charge in [-0.15, -0.1) is 10.2 Å². The van der Waals surface area contributed by atoms with Gasteiger partial charge in [0.1, 0.15) is 5.75 Å². The summed E-state index contributed by atoms with van der Waals surface area (Å²) < 4.78 is 12.3. The van der Waals surface area contributed by atoms with Crippen LogP contribution in [0.2, 0.25) is 0 Å². The van der Waals surface area contributed by atoms with Crippen molar-refractivity contribution in [1.82, 2.24) is 10.2 Å². The van der Waals surface area contributed by atoms with Crippen LogP contribution in [0.4, 0.5) is 5.13 Å². The molecular weight excluding hydrogens is 330 g/mol. The standard InChI is InChI=1S/C16H21N3O2S2/c1-12-4-6-13(7-5-12)21-9-10-22-16-19-18-15(23-16)17-11-14-3-2-8-20-14/h4-7,14H,2-3,8-11H2,1H3,(H,17,18). The van der Waals surface area contributed by atoms with Gasteiger partial charge in [-0.3, -0.25) is 0 Å². The van der Waals surface area contributed by atoms with Gasteiger partial charge in [-0.2, -0.15) is 0 Å². The van der Waals surface area contributed by atoms with Crippen LogP contribution >= 0.6 is 23.1 Å². The van der Waals surface area contributed by atoms with E-state index in [9.17, 15) is 0 Å². The second kappa shape index (κ2) is 8.52. The molecule has 1 N–H and O–H groups in total. The van der Waals surface area contributed by atoms with E-state index in [0.717, 1.165) is 47.0 Å². The molecule has 1 fully saturated rings. The van der Waals surface area contributed by atoms with Crippen molar-refractivity contribution in [2.75, 3.05) is 30.8 Å². The van der Waals surface area contributed by atoms with Gasteiger partial charge in [0.15, 0.2) is 4.34 Å². The van der Waals surface area contributed by atoms with E-state index in [1.54, 1.807) is 23.1 Å². The fourth-order valence-electron chi connectivity index (χ4n) is 2.27. The maximum absolute atomic E-state index is 5.71. The molecule has 1 aliphatic rings. The Balaban J connectivity index is 1.34. The Labute approximate surface area is 144 Å². The molecule has 0 saturated carbocycles. The van der Waals surface area contributed by atoms with Gasteiger partial charge >= 0.3 is 0 Å². The van der Waals surface area contributed by atoms with E-state index in [1.807, 2.05) is 12.1 Å². The van der Waals surface area contributed by atoms with Crippen molar-refractivity contribution < 1.29 is 9.47 Å². The second-order valence-electron chi connectivity index (χ2n) is 5.40. The van der Waals surface area contributed by atoms with Gasteiger partial charge < -0.3 is 14.8 Å². The molecule has 2 heterocycles. The summed E-state index contributed by atoms with van der Waals surface area (Å²) in [6.07, 6.45) is 2.60. The van der Waals surface area contributed by atoms with Crippen LogP contribution in [0.25, 0.3) is 0 Å². The molecule has 1 saturated heterocycles. The SMILES string of the molecule is Cc1ccc(OCCSc2nnc(NCC3CCCO3)s2)cc1. The Morgan fingerprint density at radius 2 is 2.22 bits per heavy atom. The number of ether oxygens (including phenoxy) is 2. The monoisotopic (exact) mass is 351 g/mol. The summed E-state index contributed by atoms with van der Waals surface area (Å²) in [5.41, 5.74) is 1.24. The molecule has 0 amide bonds. The molecule has 0 spiro atoms. The van der Waals surface area contributed by atoms with Gasteiger partial charge in [0.2, 0.25) is 5.13 Å². The van der Waals surface area contributed by atoms with Crippen molar-refractivity contribution in [1.29, 1.82) is 0 Å². The van der Waals surface area contributed by atoms with E-state index < -0.39 is 0 Å². The highest BCUT2D eigenvalue weighted by Gasteiger charge is 2.15. The van der Waals surface area contributed by atoms with Gasteiger partial charge in [-0.05, 0) is 31.9 Å². The molecule has 7 heteroatoms. The first-order valence-electron chi connectivity index (χ1n) is 7.81. The highest BCUT2D eigenvalue weighted by molar-refractivity contribution is 8.01. The zero-order valence-electron chi connectivity index (χ0n) is 13.2.